The van der Waals surface area contributed by atoms with E-state index in [2.05, 4.69) is 5.32 Å². The molecular weight excluding hydrogens is 404 g/mol. The lowest BCUT2D eigenvalue weighted by Crippen LogP contribution is -2.35. The van der Waals surface area contributed by atoms with Crippen LogP contribution in [-0.2, 0) is 10.0 Å². The van der Waals surface area contributed by atoms with E-state index in [-0.39, 0.29) is 16.8 Å². The van der Waals surface area contributed by atoms with Crippen LogP contribution >= 0.6 is 0 Å². The second kappa shape index (κ2) is 9.49. The highest BCUT2D eigenvalue weighted by atomic mass is 32.2. The molecule has 3 rings (SSSR count). The van der Waals surface area contributed by atoms with E-state index in [1.807, 2.05) is 6.92 Å². The summed E-state index contributed by atoms with van der Waals surface area (Å²) in [5.41, 5.74) is 1.06. The van der Waals surface area contributed by atoms with Crippen LogP contribution in [0.1, 0.15) is 48.1 Å². The molecule has 0 radical (unpaired) electrons. The van der Waals surface area contributed by atoms with E-state index in [4.69, 9.17) is 9.47 Å². The van der Waals surface area contributed by atoms with Gasteiger partial charge in [0.15, 0.2) is 0 Å². The quantitative estimate of drug-likeness (QED) is 0.725. The molecule has 2 aromatic rings. The second-order valence-electron chi connectivity index (χ2n) is 7.30. The summed E-state index contributed by atoms with van der Waals surface area (Å²) in [4.78, 5) is 13.0. The standard InChI is InChI=1S/C22H28N2O5S/c1-16(20-15-18(28-2)10-11-21(20)29-3)23-22(25)17-8-7-9-19(14-17)30(26,27)24-12-5-4-6-13-24/h7-11,14-16H,4-6,12-13H2,1-3H3,(H,23,25). The van der Waals surface area contributed by atoms with Gasteiger partial charge in [0.2, 0.25) is 10.0 Å². The molecule has 1 saturated heterocycles. The minimum atomic E-state index is -3.60. The zero-order chi connectivity index (χ0) is 21.7. The summed E-state index contributed by atoms with van der Waals surface area (Å²) in [7, 11) is -0.465. The number of piperidine rings is 1. The number of carbonyl (C=O) groups is 1. The van der Waals surface area contributed by atoms with Gasteiger partial charge in [-0.3, -0.25) is 4.79 Å². The maximum atomic E-state index is 12.9. The molecule has 1 N–H and O–H groups in total. The summed E-state index contributed by atoms with van der Waals surface area (Å²) in [6.07, 6.45) is 2.76. The Morgan fingerprint density at radius 3 is 2.43 bits per heavy atom. The Kier molecular flexibility index (Phi) is 6.99. The molecule has 1 fully saturated rings. The van der Waals surface area contributed by atoms with Crippen LogP contribution in [0.2, 0.25) is 0 Å². The first-order valence-electron chi connectivity index (χ1n) is 10.00. The van der Waals surface area contributed by atoms with Crippen molar-refractivity contribution in [3.63, 3.8) is 0 Å². The maximum Gasteiger partial charge on any atom is 0.251 e. The van der Waals surface area contributed by atoms with Gasteiger partial charge in [-0.05, 0) is 56.2 Å². The summed E-state index contributed by atoms with van der Waals surface area (Å²) in [6, 6.07) is 11.2. The van der Waals surface area contributed by atoms with E-state index in [0.29, 0.717) is 30.2 Å². The molecule has 0 aliphatic carbocycles. The molecule has 30 heavy (non-hydrogen) atoms. The summed E-state index contributed by atoms with van der Waals surface area (Å²) in [5, 5.41) is 2.91. The third-order valence-electron chi connectivity index (χ3n) is 5.30. The average Bonchev–Trinajstić information content (AvgIpc) is 2.79. The third-order valence-corrected chi connectivity index (χ3v) is 7.19. The Labute approximate surface area is 178 Å². The molecule has 0 spiro atoms. The molecule has 8 heteroatoms. The van der Waals surface area contributed by atoms with Gasteiger partial charge in [-0.2, -0.15) is 4.31 Å². The number of nitrogens with zero attached hydrogens (tertiary/aromatic N) is 1. The molecule has 162 valence electrons. The number of rotatable bonds is 7. The van der Waals surface area contributed by atoms with Crippen molar-refractivity contribution in [3.05, 3.63) is 53.6 Å². The van der Waals surface area contributed by atoms with E-state index in [9.17, 15) is 13.2 Å². The summed E-state index contributed by atoms with van der Waals surface area (Å²) in [6.45, 7) is 2.88. The molecule has 1 unspecified atom stereocenters. The number of benzene rings is 2. The fourth-order valence-corrected chi connectivity index (χ4v) is 5.15. The van der Waals surface area contributed by atoms with Crippen molar-refractivity contribution in [2.24, 2.45) is 0 Å². The fraction of sp³-hybridized carbons (Fsp3) is 0.409. The molecule has 1 amide bonds. The van der Waals surface area contributed by atoms with Gasteiger partial charge in [-0.1, -0.05) is 12.5 Å². The Morgan fingerprint density at radius 1 is 1.03 bits per heavy atom. The van der Waals surface area contributed by atoms with E-state index >= 15 is 0 Å². The second-order valence-corrected chi connectivity index (χ2v) is 9.23. The SMILES string of the molecule is COc1ccc(OC)c(C(C)NC(=O)c2cccc(S(=O)(=O)N3CCCCC3)c2)c1. The zero-order valence-electron chi connectivity index (χ0n) is 17.6. The van der Waals surface area contributed by atoms with Gasteiger partial charge in [0.25, 0.3) is 5.91 Å². The van der Waals surface area contributed by atoms with Crippen molar-refractivity contribution in [1.82, 2.24) is 9.62 Å². The Hall–Kier alpha value is -2.58. The molecule has 0 saturated carbocycles. The smallest absolute Gasteiger partial charge is 0.251 e. The normalized spacial score (nSPS) is 16.0. The molecule has 1 aliphatic heterocycles. The van der Waals surface area contributed by atoms with Crippen LogP contribution in [0.5, 0.6) is 11.5 Å². The summed E-state index contributed by atoms with van der Waals surface area (Å²) >= 11 is 0. The van der Waals surface area contributed by atoms with Crippen LogP contribution < -0.4 is 14.8 Å². The maximum absolute atomic E-state index is 12.9. The van der Waals surface area contributed by atoms with E-state index in [1.165, 1.54) is 16.4 Å². The number of amides is 1. The molecule has 0 bridgehead atoms. The number of hydrogen-bond donors (Lipinski definition) is 1. The molecule has 1 atom stereocenters. The highest BCUT2D eigenvalue weighted by molar-refractivity contribution is 7.89. The first-order valence-corrected chi connectivity index (χ1v) is 11.4. The molecular formula is C22H28N2O5S. The number of methoxy groups -OCH3 is 2. The topological polar surface area (TPSA) is 84.9 Å². The molecule has 7 nitrogen and oxygen atoms in total. The van der Waals surface area contributed by atoms with Crippen LogP contribution in [-0.4, -0.2) is 45.9 Å². The Bertz CT molecular complexity index is 1000. The first-order chi connectivity index (χ1) is 14.4. The van der Waals surface area contributed by atoms with Crippen molar-refractivity contribution in [2.75, 3.05) is 27.3 Å². The van der Waals surface area contributed by atoms with Crippen LogP contribution in [0.3, 0.4) is 0 Å². The highest BCUT2D eigenvalue weighted by Crippen LogP contribution is 2.29. The molecule has 1 heterocycles. The van der Waals surface area contributed by atoms with E-state index < -0.39 is 10.0 Å². The predicted molar refractivity (Wildman–Crippen MR) is 114 cm³/mol. The van der Waals surface area contributed by atoms with Gasteiger partial charge < -0.3 is 14.8 Å². The van der Waals surface area contributed by atoms with E-state index in [1.54, 1.807) is 44.6 Å². The minimum absolute atomic E-state index is 0.142. The molecule has 0 aromatic heterocycles. The fourth-order valence-electron chi connectivity index (χ4n) is 3.59. The number of hydrogen-bond acceptors (Lipinski definition) is 5. The van der Waals surface area contributed by atoms with Crippen molar-refractivity contribution in [3.8, 4) is 11.5 Å². The highest BCUT2D eigenvalue weighted by Gasteiger charge is 2.26. The van der Waals surface area contributed by atoms with Crippen LogP contribution in [0.15, 0.2) is 47.4 Å². The average molecular weight is 433 g/mol. The monoisotopic (exact) mass is 432 g/mol. The van der Waals surface area contributed by atoms with Crippen molar-refractivity contribution in [2.45, 2.75) is 37.1 Å². The zero-order valence-corrected chi connectivity index (χ0v) is 18.4. The number of nitrogens with one attached hydrogen (secondary N) is 1. The van der Waals surface area contributed by atoms with Gasteiger partial charge in [-0.15, -0.1) is 0 Å². The van der Waals surface area contributed by atoms with Crippen molar-refractivity contribution in [1.29, 1.82) is 0 Å². The van der Waals surface area contributed by atoms with E-state index in [0.717, 1.165) is 24.8 Å². The number of sulfonamides is 1. The van der Waals surface area contributed by atoms with Crippen LogP contribution in [0, 0.1) is 0 Å². The summed E-state index contributed by atoms with van der Waals surface area (Å²) in [5.74, 6) is 0.926. The molecule has 1 aliphatic rings. The lowest BCUT2D eigenvalue weighted by atomic mass is 10.1. The Morgan fingerprint density at radius 2 is 1.77 bits per heavy atom. The van der Waals surface area contributed by atoms with Crippen molar-refractivity contribution < 1.29 is 22.7 Å². The predicted octanol–water partition coefficient (Wildman–Crippen LogP) is 3.37. The van der Waals surface area contributed by atoms with Crippen LogP contribution in [0.25, 0.3) is 0 Å². The van der Waals surface area contributed by atoms with Gasteiger partial charge in [0.05, 0.1) is 25.2 Å². The lowest BCUT2D eigenvalue weighted by molar-refractivity contribution is 0.0939. The number of ether oxygens (including phenoxy) is 2. The molecule has 2 aromatic carbocycles. The van der Waals surface area contributed by atoms with Gasteiger partial charge in [0.1, 0.15) is 11.5 Å². The Balaban J connectivity index is 1.80. The third kappa shape index (κ3) is 4.76. The van der Waals surface area contributed by atoms with Gasteiger partial charge in [-0.25, -0.2) is 8.42 Å². The van der Waals surface area contributed by atoms with Gasteiger partial charge in [0, 0.05) is 24.2 Å². The minimum Gasteiger partial charge on any atom is -0.497 e. The number of carbonyl (C=O) groups excluding carboxylic acids is 1. The van der Waals surface area contributed by atoms with Gasteiger partial charge >= 0.3 is 0 Å². The largest absolute Gasteiger partial charge is 0.497 e. The first kappa shape index (κ1) is 22.1. The van der Waals surface area contributed by atoms with Crippen molar-refractivity contribution >= 4 is 15.9 Å². The lowest BCUT2D eigenvalue weighted by Gasteiger charge is -2.26. The van der Waals surface area contributed by atoms with Crippen LogP contribution in [0.4, 0.5) is 0 Å². The summed E-state index contributed by atoms with van der Waals surface area (Å²) < 4.78 is 38.0.